The molecule has 2 heteroatoms. The molecule has 0 bridgehead atoms. The molecule has 0 aliphatic heterocycles. The third-order valence-electron chi connectivity index (χ3n) is 13.1. The molecule has 0 saturated carbocycles. The molecule has 0 N–H and O–H groups in total. The summed E-state index contributed by atoms with van der Waals surface area (Å²) in [5.74, 6) is 0. The van der Waals surface area contributed by atoms with E-state index in [9.17, 15) is 0 Å². The largest absolute Gasteiger partial charge is 0.309 e. The molecule has 1 aliphatic rings. The summed E-state index contributed by atoms with van der Waals surface area (Å²) in [7, 11) is 0. The Morgan fingerprint density at radius 2 is 1.08 bits per heavy atom. The topological polar surface area (TPSA) is 3.24 Å². The first-order chi connectivity index (χ1) is 29.6. The van der Waals surface area contributed by atoms with Gasteiger partial charge in [-0.05, 0) is 103 Å². The van der Waals surface area contributed by atoms with E-state index in [4.69, 9.17) is 0 Å². The van der Waals surface area contributed by atoms with Crippen molar-refractivity contribution in [2.45, 2.75) is 45.4 Å². The van der Waals surface area contributed by atoms with Crippen molar-refractivity contribution in [3.8, 4) is 44.5 Å². The van der Waals surface area contributed by atoms with Crippen LogP contribution in [0.15, 0.2) is 194 Å². The lowest BCUT2D eigenvalue weighted by atomic mass is 9.82. The fourth-order valence-corrected chi connectivity index (χ4v) is 11.1. The first kappa shape index (κ1) is 37.3. The Labute approximate surface area is 363 Å². The lowest BCUT2D eigenvalue weighted by Gasteiger charge is -2.33. The molecule has 0 fully saturated rings. The van der Waals surface area contributed by atoms with Gasteiger partial charge in [-0.1, -0.05) is 192 Å². The maximum absolute atomic E-state index is 2.54. The van der Waals surface area contributed by atoms with Crippen LogP contribution >= 0.6 is 11.3 Å². The van der Waals surface area contributed by atoms with E-state index in [0.29, 0.717) is 0 Å². The van der Waals surface area contributed by atoms with Crippen molar-refractivity contribution in [2.24, 2.45) is 0 Å². The lowest BCUT2D eigenvalue weighted by molar-refractivity contribution is 0.590. The van der Waals surface area contributed by atoms with Crippen LogP contribution < -0.4 is 4.90 Å². The number of hydrogen-bond acceptors (Lipinski definition) is 2. The molecule has 0 unspecified atom stereocenters. The zero-order chi connectivity index (χ0) is 41.5. The van der Waals surface area contributed by atoms with Crippen LogP contribution in [-0.2, 0) is 10.8 Å². The van der Waals surface area contributed by atoms with Crippen LogP contribution in [0.2, 0.25) is 0 Å². The van der Waals surface area contributed by atoms with Gasteiger partial charge in [0.2, 0.25) is 0 Å². The molecule has 0 amide bonds. The molecule has 1 aliphatic carbocycles. The summed E-state index contributed by atoms with van der Waals surface area (Å²) in [5.41, 5.74) is 17.3. The molecular formula is C59H47NS. The molecule has 1 heterocycles. The van der Waals surface area contributed by atoms with E-state index < -0.39 is 0 Å². The van der Waals surface area contributed by atoms with E-state index in [2.05, 4.69) is 234 Å². The van der Waals surface area contributed by atoms with Gasteiger partial charge in [-0.3, -0.25) is 0 Å². The SMILES string of the molecule is CC(C)(C)c1ccc(N(c2ccc3c(c2)C(C)(C)c2ccccc2-3)c2ccc3ccccc3c2-c2ccc(-c3cccc4c3sc3ccccc34)cc2)c(-c2ccccc2)c1. The smallest absolute Gasteiger partial charge is 0.0546 e. The zero-order valence-corrected chi connectivity index (χ0v) is 36.1. The van der Waals surface area contributed by atoms with Crippen LogP contribution in [0.25, 0.3) is 75.5 Å². The normalized spacial score (nSPS) is 13.1. The number of nitrogens with zero attached hydrogens (tertiary/aromatic N) is 1. The highest BCUT2D eigenvalue weighted by atomic mass is 32.1. The van der Waals surface area contributed by atoms with Crippen LogP contribution in [0.3, 0.4) is 0 Å². The van der Waals surface area contributed by atoms with E-state index in [1.807, 2.05) is 11.3 Å². The van der Waals surface area contributed by atoms with Gasteiger partial charge in [0.05, 0.1) is 11.4 Å². The number of benzene rings is 9. The average molecular weight is 802 g/mol. The fraction of sp³-hybridized carbons (Fsp3) is 0.119. The number of hydrogen-bond donors (Lipinski definition) is 0. The minimum Gasteiger partial charge on any atom is -0.309 e. The summed E-state index contributed by atoms with van der Waals surface area (Å²) >= 11 is 1.89. The molecule has 0 saturated heterocycles. The van der Waals surface area contributed by atoms with E-state index in [0.717, 1.165) is 17.1 Å². The lowest BCUT2D eigenvalue weighted by Crippen LogP contribution is -2.18. The molecule has 11 rings (SSSR count). The van der Waals surface area contributed by atoms with E-state index >= 15 is 0 Å². The maximum atomic E-state index is 2.54. The summed E-state index contributed by atoms with van der Waals surface area (Å²) in [6.07, 6.45) is 0. The Kier molecular flexibility index (Phi) is 8.67. The molecule has 294 valence electrons. The molecule has 1 nitrogen and oxygen atoms in total. The second-order valence-electron chi connectivity index (χ2n) is 18.1. The van der Waals surface area contributed by atoms with E-state index in [1.54, 1.807) is 0 Å². The second-order valence-corrected chi connectivity index (χ2v) is 19.2. The highest BCUT2D eigenvalue weighted by Gasteiger charge is 2.36. The first-order valence-corrected chi connectivity index (χ1v) is 22.2. The van der Waals surface area contributed by atoms with Gasteiger partial charge in [0.25, 0.3) is 0 Å². The molecule has 9 aromatic carbocycles. The van der Waals surface area contributed by atoms with Crippen molar-refractivity contribution in [3.63, 3.8) is 0 Å². The Morgan fingerprint density at radius 3 is 1.90 bits per heavy atom. The van der Waals surface area contributed by atoms with Crippen molar-refractivity contribution >= 4 is 59.3 Å². The van der Waals surface area contributed by atoms with Crippen molar-refractivity contribution in [2.75, 3.05) is 4.90 Å². The third-order valence-corrected chi connectivity index (χ3v) is 14.3. The van der Waals surface area contributed by atoms with E-state index in [1.165, 1.54) is 92.1 Å². The van der Waals surface area contributed by atoms with Gasteiger partial charge < -0.3 is 4.90 Å². The summed E-state index contributed by atoms with van der Waals surface area (Å²) in [4.78, 5) is 2.54. The van der Waals surface area contributed by atoms with Crippen molar-refractivity contribution in [1.82, 2.24) is 0 Å². The molecule has 0 atom stereocenters. The van der Waals surface area contributed by atoms with E-state index in [-0.39, 0.29) is 10.8 Å². The minimum atomic E-state index is -0.148. The minimum absolute atomic E-state index is 0.0215. The van der Waals surface area contributed by atoms with Gasteiger partial charge in [0, 0.05) is 42.4 Å². The molecule has 10 aromatic rings. The van der Waals surface area contributed by atoms with Gasteiger partial charge in [0.1, 0.15) is 0 Å². The molecule has 0 radical (unpaired) electrons. The summed E-state index contributed by atoms with van der Waals surface area (Å²) in [6.45, 7) is 11.7. The number of fused-ring (bicyclic) bond motifs is 7. The molecule has 1 aromatic heterocycles. The standard InChI is InChI=1S/C59H47NS/c1-58(2,3)42-31-35-53(50(36-42)38-16-7-6-8-17-38)60(43-32-33-47-46-20-11-13-24-51(46)59(4,5)52(47)37-43)54-34-30-39-18-9-10-19-44(39)56(54)41-28-26-40(27-29-41)45-22-15-23-49-48-21-12-14-25-55(48)61-57(45)49/h6-37H,1-5H3. The highest BCUT2D eigenvalue weighted by molar-refractivity contribution is 7.26. The number of thiophene rings is 1. The van der Waals surface area contributed by atoms with Crippen molar-refractivity contribution < 1.29 is 0 Å². The van der Waals surface area contributed by atoms with Crippen LogP contribution in [0, 0.1) is 0 Å². The van der Waals surface area contributed by atoms with Crippen molar-refractivity contribution in [1.29, 1.82) is 0 Å². The number of anilines is 3. The Bertz CT molecular complexity index is 3310. The summed E-state index contributed by atoms with van der Waals surface area (Å²) in [6, 6.07) is 72.5. The van der Waals surface area contributed by atoms with Gasteiger partial charge >= 0.3 is 0 Å². The zero-order valence-electron chi connectivity index (χ0n) is 35.3. The Balaban J connectivity index is 1.16. The Morgan fingerprint density at radius 1 is 0.443 bits per heavy atom. The van der Waals surface area contributed by atoms with Gasteiger partial charge in [-0.25, -0.2) is 0 Å². The monoisotopic (exact) mass is 801 g/mol. The molecule has 0 spiro atoms. The van der Waals surface area contributed by atoms with Gasteiger partial charge in [-0.2, -0.15) is 0 Å². The molecular weight excluding hydrogens is 755 g/mol. The quantitative estimate of drug-likeness (QED) is 0.162. The Hall–Kier alpha value is -6.74. The second kappa shape index (κ2) is 14.2. The van der Waals surface area contributed by atoms with Crippen LogP contribution in [0.1, 0.15) is 51.3 Å². The highest BCUT2D eigenvalue weighted by Crippen LogP contribution is 2.53. The first-order valence-electron chi connectivity index (χ1n) is 21.4. The fourth-order valence-electron chi connectivity index (χ4n) is 9.83. The average Bonchev–Trinajstić information content (AvgIpc) is 3.78. The van der Waals surface area contributed by atoms with Gasteiger partial charge in [-0.15, -0.1) is 11.3 Å². The van der Waals surface area contributed by atoms with Crippen LogP contribution in [0.4, 0.5) is 17.1 Å². The van der Waals surface area contributed by atoms with Crippen LogP contribution in [0.5, 0.6) is 0 Å². The molecule has 61 heavy (non-hydrogen) atoms. The van der Waals surface area contributed by atoms with Gasteiger partial charge in [0.15, 0.2) is 0 Å². The number of rotatable bonds is 6. The predicted octanol–water partition coefficient (Wildman–Crippen LogP) is 17.3. The maximum Gasteiger partial charge on any atom is 0.0546 e. The predicted molar refractivity (Wildman–Crippen MR) is 264 cm³/mol. The summed E-state index contributed by atoms with van der Waals surface area (Å²) in [5, 5.41) is 5.09. The third kappa shape index (κ3) is 6.12. The van der Waals surface area contributed by atoms with Crippen LogP contribution in [-0.4, -0.2) is 0 Å². The van der Waals surface area contributed by atoms with Crippen molar-refractivity contribution in [3.05, 3.63) is 211 Å². The summed E-state index contributed by atoms with van der Waals surface area (Å²) < 4.78 is 2.66.